The summed E-state index contributed by atoms with van der Waals surface area (Å²) in [5, 5.41) is 22.3. The molecule has 0 aliphatic carbocycles. The van der Waals surface area contributed by atoms with Gasteiger partial charge in [0, 0.05) is 12.1 Å². The van der Waals surface area contributed by atoms with Crippen LogP contribution in [0.5, 0.6) is 5.75 Å². The molecule has 84 valence electrons. The van der Waals surface area contributed by atoms with Gasteiger partial charge in [-0.1, -0.05) is 0 Å². The topological polar surface area (TPSA) is 52.5 Å². The fourth-order valence-corrected chi connectivity index (χ4v) is 1.59. The minimum atomic E-state index is -0.899. The Morgan fingerprint density at radius 1 is 1.47 bits per heavy atom. The van der Waals surface area contributed by atoms with Crippen LogP contribution in [0.15, 0.2) is 6.07 Å². The number of likely N-dealkylation sites (N-methyl/N-ethyl adjacent to an activating group) is 1. The molecule has 4 heteroatoms. The minimum Gasteiger partial charge on any atom is -0.507 e. The standard InChI is InChI=1S/C11H16FNO2/c1-6-4-8(12)7(2)10(11(6)15)9(14)5-13-3/h4,9,13-15H,5H2,1-3H3. The van der Waals surface area contributed by atoms with Gasteiger partial charge in [-0.15, -0.1) is 0 Å². The molecule has 0 bridgehead atoms. The molecule has 1 aromatic carbocycles. The molecule has 0 amide bonds. The highest BCUT2D eigenvalue weighted by molar-refractivity contribution is 5.46. The number of phenolic OH excluding ortho intramolecular Hbond substituents is 1. The predicted molar refractivity (Wildman–Crippen MR) is 56.4 cm³/mol. The van der Waals surface area contributed by atoms with E-state index in [1.807, 2.05) is 0 Å². The molecule has 0 aromatic heterocycles. The molecule has 1 rings (SSSR count). The van der Waals surface area contributed by atoms with Crippen molar-refractivity contribution in [2.45, 2.75) is 20.0 Å². The highest BCUT2D eigenvalue weighted by Gasteiger charge is 2.19. The molecule has 0 fully saturated rings. The van der Waals surface area contributed by atoms with Crippen LogP contribution in [-0.2, 0) is 0 Å². The van der Waals surface area contributed by atoms with Gasteiger partial charge >= 0.3 is 0 Å². The maximum absolute atomic E-state index is 13.4. The number of hydrogen-bond acceptors (Lipinski definition) is 3. The summed E-state index contributed by atoms with van der Waals surface area (Å²) < 4.78 is 13.4. The first kappa shape index (κ1) is 11.9. The summed E-state index contributed by atoms with van der Waals surface area (Å²) in [5.74, 6) is -0.438. The molecule has 3 N–H and O–H groups in total. The summed E-state index contributed by atoms with van der Waals surface area (Å²) in [6.45, 7) is 3.42. The number of rotatable bonds is 3. The summed E-state index contributed by atoms with van der Waals surface area (Å²) in [6.07, 6.45) is -0.899. The molecule has 15 heavy (non-hydrogen) atoms. The van der Waals surface area contributed by atoms with Gasteiger partial charge in [0.25, 0.3) is 0 Å². The molecule has 0 saturated carbocycles. The Kier molecular flexibility index (Phi) is 3.66. The first-order valence-electron chi connectivity index (χ1n) is 4.80. The van der Waals surface area contributed by atoms with E-state index in [2.05, 4.69) is 5.32 Å². The highest BCUT2D eigenvalue weighted by atomic mass is 19.1. The molecule has 3 nitrogen and oxygen atoms in total. The first-order valence-corrected chi connectivity index (χ1v) is 4.80. The number of halogens is 1. The van der Waals surface area contributed by atoms with Crippen molar-refractivity contribution in [3.63, 3.8) is 0 Å². The lowest BCUT2D eigenvalue weighted by Crippen LogP contribution is -2.18. The van der Waals surface area contributed by atoms with Gasteiger partial charge in [-0.25, -0.2) is 4.39 Å². The third-order valence-corrected chi connectivity index (χ3v) is 2.46. The van der Waals surface area contributed by atoms with E-state index < -0.39 is 11.9 Å². The zero-order valence-corrected chi connectivity index (χ0v) is 9.13. The van der Waals surface area contributed by atoms with E-state index in [-0.39, 0.29) is 17.9 Å². The molecule has 0 spiro atoms. The number of aliphatic hydroxyl groups is 1. The van der Waals surface area contributed by atoms with Crippen molar-refractivity contribution in [3.05, 3.63) is 28.6 Å². The number of aromatic hydroxyl groups is 1. The summed E-state index contributed by atoms with van der Waals surface area (Å²) >= 11 is 0. The van der Waals surface area contributed by atoms with Crippen LogP contribution >= 0.6 is 0 Å². The molecule has 1 unspecified atom stereocenters. The zero-order valence-electron chi connectivity index (χ0n) is 9.13. The number of benzene rings is 1. The van der Waals surface area contributed by atoms with Crippen LogP contribution in [0.3, 0.4) is 0 Å². The zero-order chi connectivity index (χ0) is 11.6. The van der Waals surface area contributed by atoms with E-state index in [0.29, 0.717) is 11.1 Å². The fourth-order valence-electron chi connectivity index (χ4n) is 1.59. The Balaban J connectivity index is 3.26. The average molecular weight is 213 g/mol. The minimum absolute atomic E-state index is 0.0309. The second-order valence-corrected chi connectivity index (χ2v) is 3.64. The molecule has 0 radical (unpaired) electrons. The van der Waals surface area contributed by atoms with E-state index in [1.165, 1.54) is 6.07 Å². The monoisotopic (exact) mass is 213 g/mol. The molecule has 0 aliphatic heterocycles. The third-order valence-electron chi connectivity index (χ3n) is 2.46. The lowest BCUT2D eigenvalue weighted by atomic mass is 9.98. The summed E-state index contributed by atoms with van der Waals surface area (Å²) in [6, 6.07) is 1.26. The maximum Gasteiger partial charge on any atom is 0.127 e. The second kappa shape index (κ2) is 4.59. The van der Waals surface area contributed by atoms with Crippen molar-refractivity contribution in [1.29, 1.82) is 0 Å². The normalized spacial score (nSPS) is 12.9. The average Bonchev–Trinajstić information content (AvgIpc) is 2.16. The summed E-state index contributed by atoms with van der Waals surface area (Å²) in [4.78, 5) is 0. The Bertz CT molecular complexity index is 340. The maximum atomic E-state index is 13.4. The molecular formula is C11H16FNO2. The predicted octanol–water partition coefficient (Wildman–Crippen LogP) is 1.40. The van der Waals surface area contributed by atoms with Crippen LogP contribution in [0.2, 0.25) is 0 Å². The van der Waals surface area contributed by atoms with Crippen LogP contribution < -0.4 is 5.32 Å². The van der Waals surface area contributed by atoms with Gasteiger partial charge in [0.1, 0.15) is 11.6 Å². The molecule has 1 aromatic rings. The number of phenols is 1. The van der Waals surface area contributed by atoms with Gasteiger partial charge in [-0.05, 0) is 38.1 Å². The van der Waals surface area contributed by atoms with Gasteiger partial charge in [-0.2, -0.15) is 0 Å². The van der Waals surface area contributed by atoms with Crippen molar-refractivity contribution in [1.82, 2.24) is 5.32 Å². The Morgan fingerprint density at radius 2 is 2.07 bits per heavy atom. The van der Waals surface area contributed by atoms with Crippen LogP contribution in [0.4, 0.5) is 4.39 Å². The fraction of sp³-hybridized carbons (Fsp3) is 0.455. The van der Waals surface area contributed by atoms with Gasteiger partial charge in [0.2, 0.25) is 0 Å². The Hall–Kier alpha value is -1.13. The molecule has 0 saturated heterocycles. The van der Waals surface area contributed by atoms with Crippen molar-refractivity contribution < 1.29 is 14.6 Å². The van der Waals surface area contributed by atoms with Crippen LogP contribution in [0.25, 0.3) is 0 Å². The van der Waals surface area contributed by atoms with E-state index in [0.717, 1.165) is 0 Å². The number of hydrogen-bond donors (Lipinski definition) is 3. The van der Waals surface area contributed by atoms with Gasteiger partial charge in [0.15, 0.2) is 0 Å². The van der Waals surface area contributed by atoms with Gasteiger partial charge in [0.05, 0.1) is 6.10 Å². The van der Waals surface area contributed by atoms with Crippen LogP contribution in [0, 0.1) is 19.7 Å². The van der Waals surface area contributed by atoms with Gasteiger partial charge < -0.3 is 15.5 Å². The third kappa shape index (κ3) is 2.27. The molecule has 1 atom stereocenters. The van der Waals surface area contributed by atoms with E-state index in [4.69, 9.17) is 0 Å². The highest BCUT2D eigenvalue weighted by Crippen LogP contribution is 2.32. The summed E-state index contributed by atoms with van der Waals surface area (Å²) in [7, 11) is 1.68. The van der Waals surface area contributed by atoms with Crippen molar-refractivity contribution in [2.75, 3.05) is 13.6 Å². The SMILES string of the molecule is CNCC(O)c1c(C)c(F)cc(C)c1O. The first-order chi connectivity index (χ1) is 6.99. The number of aryl methyl sites for hydroxylation is 1. The lowest BCUT2D eigenvalue weighted by Gasteiger charge is -2.17. The Labute approximate surface area is 88.6 Å². The quantitative estimate of drug-likeness (QED) is 0.711. The number of aliphatic hydroxyl groups excluding tert-OH is 1. The van der Waals surface area contributed by atoms with Crippen molar-refractivity contribution >= 4 is 0 Å². The van der Waals surface area contributed by atoms with E-state index in [9.17, 15) is 14.6 Å². The van der Waals surface area contributed by atoms with Crippen LogP contribution in [0.1, 0.15) is 22.8 Å². The summed E-state index contributed by atoms with van der Waals surface area (Å²) in [5.41, 5.74) is 0.992. The van der Waals surface area contributed by atoms with Gasteiger partial charge in [-0.3, -0.25) is 0 Å². The largest absolute Gasteiger partial charge is 0.507 e. The van der Waals surface area contributed by atoms with Crippen LogP contribution in [-0.4, -0.2) is 23.8 Å². The smallest absolute Gasteiger partial charge is 0.127 e. The Morgan fingerprint density at radius 3 is 2.60 bits per heavy atom. The molecule has 0 aliphatic rings. The molecular weight excluding hydrogens is 197 g/mol. The molecule has 0 heterocycles. The number of nitrogens with one attached hydrogen (secondary N) is 1. The second-order valence-electron chi connectivity index (χ2n) is 3.64. The van der Waals surface area contributed by atoms with E-state index >= 15 is 0 Å². The van der Waals surface area contributed by atoms with E-state index in [1.54, 1.807) is 20.9 Å². The lowest BCUT2D eigenvalue weighted by molar-refractivity contribution is 0.172. The van der Waals surface area contributed by atoms with Crippen molar-refractivity contribution in [2.24, 2.45) is 0 Å². The van der Waals surface area contributed by atoms with Crippen molar-refractivity contribution in [3.8, 4) is 5.75 Å².